The van der Waals surface area contributed by atoms with Crippen molar-refractivity contribution in [2.45, 2.75) is 26.2 Å². The predicted molar refractivity (Wildman–Crippen MR) is 80.6 cm³/mol. The van der Waals surface area contributed by atoms with E-state index in [0.29, 0.717) is 18.7 Å². The minimum atomic E-state index is -0.392. The van der Waals surface area contributed by atoms with Crippen molar-refractivity contribution >= 4 is 0 Å². The molecule has 3 nitrogen and oxygen atoms in total. The monoisotopic (exact) mass is 289 g/mol. The molecule has 2 aromatic rings. The van der Waals surface area contributed by atoms with Gasteiger partial charge in [0.25, 0.3) is 0 Å². The number of nitrogens with one attached hydrogen (secondary N) is 1. The lowest BCUT2D eigenvalue weighted by Gasteiger charge is -2.13. The molecule has 0 spiro atoms. The number of aliphatic hydroxyl groups is 1. The van der Waals surface area contributed by atoms with Crippen molar-refractivity contribution in [3.05, 3.63) is 65.5 Å². The number of aliphatic hydroxyl groups excluding tert-OH is 1. The first-order valence-electron chi connectivity index (χ1n) is 6.99. The Morgan fingerprint density at radius 1 is 1.10 bits per heavy atom. The van der Waals surface area contributed by atoms with Crippen LogP contribution in [0.1, 0.15) is 18.1 Å². The van der Waals surface area contributed by atoms with Crippen LogP contribution in [0.3, 0.4) is 0 Å². The summed E-state index contributed by atoms with van der Waals surface area (Å²) < 4.78 is 19.3. The van der Waals surface area contributed by atoms with E-state index in [0.717, 1.165) is 11.3 Å². The van der Waals surface area contributed by atoms with Crippen LogP contribution < -0.4 is 10.1 Å². The van der Waals surface area contributed by atoms with E-state index in [4.69, 9.17) is 4.74 Å². The number of benzene rings is 2. The maximum Gasteiger partial charge on any atom is 0.129 e. The molecule has 1 atom stereocenters. The van der Waals surface area contributed by atoms with E-state index in [1.165, 1.54) is 6.07 Å². The lowest BCUT2D eigenvalue weighted by molar-refractivity contribution is 0.190. The Kier molecular flexibility index (Phi) is 5.72. The third-order valence-electron chi connectivity index (χ3n) is 3.07. The first kappa shape index (κ1) is 15.5. The maximum absolute atomic E-state index is 13.6. The second-order valence-corrected chi connectivity index (χ2v) is 4.97. The first-order chi connectivity index (χ1) is 10.2. The summed E-state index contributed by atoms with van der Waals surface area (Å²) in [6.07, 6.45) is -0.392. The van der Waals surface area contributed by atoms with Gasteiger partial charge in [0.2, 0.25) is 0 Å². The van der Waals surface area contributed by atoms with Crippen LogP contribution in [0.15, 0.2) is 48.5 Å². The number of para-hydroxylation sites is 1. The Bertz CT molecular complexity index is 572. The molecule has 0 fully saturated rings. The lowest BCUT2D eigenvalue weighted by Crippen LogP contribution is -2.24. The van der Waals surface area contributed by atoms with E-state index in [9.17, 15) is 9.50 Å². The summed E-state index contributed by atoms with van der Waals surface area (Å²) >= 11 is 0. The van der Waals surface area contributed by atoms with Crippen LogP contribution in [0.25, 0.3) is 0 Å². The normalized spacial score (nSPS) is 12.1. The van der Waals surface area contributed by atoms with Gasteiger partial charge >= 0.3 is 0 Å². The van der Waals surface area contributed by atoms with Crippen molar-refractivity contribution in [1.82, 2.24) is 5.32 Å². The molecule has 0 heterocycles. The number of rotatable bonds is 7. The predicted octanol–water partition coefficient (Wildman–Crippen LogP) is 2.88. The van der Waals surface area contributed by atoms with Gasteiger partial charge in [-0.3, -0.25) is 0 Å². The Labute approximate surface area is 124 Å². The van der Waals surface area contributed by atoms with Crippen molar-refractivity contribution < 1.29 is 14.2 Å². The third-order valence-corrected chi connectivity index (χ3v) is 3.07. The average molecular weight is 289 g/mol. The van der Waals surface area contributed by atoms with Crippen LogP contribution in [-0.2, 0) is 13.2 Å². The highest BCUT2D eigenvalue weighted by molar-refractivity contribution is 5.33. The quantitative estimate of drug-likeness (QED) is 0.823. The highest BCUT2D eigenvalue weighted by atomic mass is 19.1. The molecule has 112 valence electrons. The summed E-state index contributed by atoms with van der Waals surface area (Å²) in [5, 5.41) is 12.4. The molecule has 0 radical (unpaired) electrons. The van der Waals surface area contributed by atoms with E-state index in [1.807, 2.05) is 24.3 Å². The van der Waals surface area contributed by atoms with Crippen LogP contribution >= 0.6 is 0 Å². The molecule has 2 aromatic carbocycles. The molecule has 21 heavy (non-hydrogen) atoms. The van der Waals surface area contributed by atoms with Crippen LogP contribution in [0, 0.1) is 5.82 Å². The first-order valence-corrected chi connectivity index (χ1v) is 6.99. The summed E-state index contributed by atoms with van der Waals surface area (Å²) in [7, 11) is 0. The van der Waals surface area contributed by atoms with Gasteiger partial charge in [0.1, 0.15) is 18.2 Å². The topological polar surface area (TPSA) is 41.5 Å². The highest BCUT2D eigenvalue weighted by Gasteiger charge is 2.06. The van der Waals surface area contributed by atoms with Crippen molar-refractivity contribution in [3.63, 3.8) is 0 Å². The molecule has 0 aromatic heterocycles. The fourth-order valence-corrected chi connectivity index (χ4v) is 1.98. The zero-order valence-corrected chi connectivity index (χ0v) is 12.1. The van der Waals surface area contributed by atoms with Gasteiger partial charge < -0.3 is 15.2 Å². The van der Waals surface area contributed by atoms with Crippen LogP contribution in [0.5, 0.6) is 5.75 Å². The molecule has 0 aliphatic carbocycles. The van der Waals surface area contributed by atoms with Gasteiger partial charge in [0, 0.05) is 24.2 Å². The number of hydrogen-bond acceptors (Lipinski definition) is 3. The Balaban J connectivity index is 1.98. The summed E-state index contributed by atoms with van der Waals surface area (Å²) in [4.78, 5) is 0. The summed E-state index contributed by atoms with van der Waals surface area (Å²) in [6, 6.07) is 14.2. The third kappa shape index (κ3) is 4.85. The molecule has 0 aliphatic heterocycles. The molecule has 4 heteroatoms. The van der Waals surface area contributed by atoms with Gasteiger partial charge in [-0.2, -0.15) is 0 Å². The average Bonchev–Trinajstić information content (AvgIpc) is 2.47. The Morgan fingerprint density at radius 3 is 2.48 bits per heavy atom. The molecular formula is C17H20FNO2. The zero-order valence-electron chi connectivity index (χ0n) is 12.1. The van der Waals surface area contributed by atoms with E-state index in [2.05, 4.69) is 5.32 Å². The van der Waals surface area contributed by atoms with Gasteiger partial charge in [0.05, 0.1) is 6.10 Å². The van der Waals surface area contributed by atoms with Crippen molar-refractivity contribution in [3.8, 4) is 5.75 Å². The van der Waals surface area contributed by atoms with Crippen molar-refractivity contribution in [2.24, 2.45) is 0 Å². The van der Waals surface area contributed by atoms with Crippen molar-refractivity contribution in [1.29, 1.82) is 0 Å². The molecule has 0 saturated heterocycles. The van der Waals surface area contributed by atoms with E-state index in [-0.39, 0.29) is 12.4 Å². The fraction of sp³-hybridized carbons (Fsp3) is 0.294. The van der Waals surface area contributed by atoms with E-state index < -0.39 is 6.10 Å². The standard InChI is InChI=1S/C17H20FNO2/c1-13(20)10-19-11-14-6-3-5-9-17(14)21-12-15-7-2-4-8-16(15)18/h2-9,13,19-20H,10-12H2,1H3. The number of halogens is 1. The summed E-state index contributed by atoms with van der Waals surface area (Å²) in [5.74, 6) is 0.459. The Hall–Kier alpha value is -1.91. The van der Waals surface area contributed by atoms with Gasteiger partial charge in [-0.15, -0.1) is 0 Å². The van der Waals surface area contributed by atoms with Gasteiger partial charge in [-0.1, -0.05) is 36.4 Å². The second kappa shape index (κ2) is 7.76. The van der Waals surface area contributed by atoms with Gasteiger partial charge in [0.15, 0.2) is 0 Å². The zero-order chi connectivity index (χ0) is 15.1. The largest absolute Gasteiger partial charge is 0.488 e. The highest BCUT2D eigenvalue weighted by Crippen LogP contribution is 2.20. The minimum absolute atomic E-state index is 0.195. The molecule has 0 aliphatic rings. The van der Waals surface area contributed by atoms with E-state index >= 15 is 0 Å². The smallest absolute Gasteiger partial charge is 0.129 e. The van der Waals surface area contributed by atoms with Gasteiger partial charge in [-0.25, -0.2) is 4.39 Å². The van der Waals surface area contributed by atoms with Crippen LogP contribution in [0.2, 0.25) is 0 Å². The molecule has 1 unspecified atom stereocenters. The lowest BCUT2D eigenvalue weighted by atomic mass is 10.2. The summed E-state index contributed by atoms with van der Waals surface area (Å²) in [6.45, 7) is 3.04. The Morgan fingerprint density at radius 2 is 1.76 bits per heavy atom. The second-order valence-electron chi connectivity index (χ2n) is 4.97. The fourth-order valence-electron chi connectivity index (χ4n) is 1.98. The molecule has 0 bridgehead atoms. The van der Waals surface area contributed by atoms with Crippen LogP contribution in [0.4, 0.5) is 4.39 Å². The van der Waals surface area contributed by atoms with Gasteiger partial charge in [-0.05, 0) is 19.1 Å². The maximum atomic E-state index is 13.6. The SMILES string of the molecule is CC(O)CNCc1ccccc1OCc1ccccc1F. The molecule has 0 saturated carbocycles. The number of ether oxygens (including phenoxy) is 1. The summed E-state index contributed by atoms with van der Waals surface area (Å²) in [5.41, 5.74) is 1.51. The molecular weight excluding hydrogens is 269 g/mol. The minimum Gasteiger partial charge on any atom is -0.488 e. The molecule has 2 rings (SSSR count). The van der Waals surface area contributed by atoms with Crippen molar-refractivity contribution in [2.75, 3.05) is 6.54 Å². The number of hydrogen-bond donors (Lipinski definition) is 2. The molecule has 0 amide bonds. The van der Waals surface area contributed by atoms with E-state index in [1.54, 1.807) is 25.1 Å². The van der Waals surface area contributed by atoms with Crippen LogP contribution in [-0.4, -0.2) is 17.8 Å². The molecule has 2 N–H and O–H groups in total.